The van der Waals surface area contributed by atoms with Crippen LogP contribution < -0.4 is 0 Å². The lowest BCUT2D eigenvalue weighted by molar-refractivity contribution is 1.62. The molecule has 60 valence electrons. The average molecular weight is 268 g/mol. The molecular weight excluding hydrogens is 259 g/mol. The summed E-state index contributed by atoms with van der Waals surface area (Å²) >= 11 is 0.151. The second kappa shape index (κ2) is 3.81. The summed E-state index contributed by atoms with van der Waals surface area (Å²) in [4.78, 5) is 0. The Labute approximate surface area is 82.4 Å². The number of fused-ring (bicyclic) bond motifs is 1. The van der Waals surface area contributed by atoms with Gasteiger partial charge >= 0.3 is 0 Å². The summed E-state index contributed by atoms with van der Waals surface area (Å²) in [5, 5.41) is 0. The lowest BCUT2D eigenvalue weighted by atomic mass is 10.1. The van der Waals surface area contributed by atoms with Crippen molar-refractivity contribution >= 4 is 36.9 Å². The summed E-state index contributed by atoms with van der Waals surface area (Å²) in [6.45, 7) is 0. The van der Waals surface area contributed by atoms with Crippen LogP contribution in [0.3, 0.4) is 0 Å². The van der Waals surface area contributed by atoms with Crippen LogP contribution in [0, 0.1) is 0 Å². The molecule has 1 aliphatic rings. The Hall–Kier alpha value is -0.700. The fraction of sp³-hybridized carbons (Fsp3) is 0. The molecule has 0 N–H and O–H groups in total. The maximum Gasteiger partial charge on any atom is -0.0180 e. The summed E-state index contributed by atoms with van der Waals surface area (Å²) in [7, 11) is 0. The Morgan fingerprint density at radius 1 is 0.917 bits per heavy atom. The number of rotatable bonds is 0. The highest BCUT2D eigenvalue weighted by molar-refractivity contribution is 14.2. The van der Waals surface area contributed by atoms with E-state index in [-0.39, 0.29) is 20.7 Å². The predicted molar refractivity (Wildman–Crippen MR) is 64.6 cm³/mol. The molecule has 1 heterocycles. The average Bonchev–Trinajstić information content (AvgIpc) is 2.06. The van der Waals surface area contributed by atoms with Crippen LogP contribution in [0.15, 0.2) is 34.4 Å². The summed E-state index contributed by atoms with van der Waals surface area (Å²) in [6, 6.07) is 8.47. The third kappa shape index (κ3) is 1.72. The van der Waals surface area contributed by atoms with Gasteiger partial charge in [0.15, 0.2) is 0 Å². The van der Waals surface area contributed by atoms with Crippen molar-refractivity contribution in [2.45, 2.75) is 0 Å². The number of halogens is 1. The molecule has 0 aromatic heterocycles. The Bertz CT molecular complexity index is 324. The number of hydrogen-bond donors (Lipinski definition) is 0. The summed E-state index contributed by atoms with van der Waals surface area (Å²) < 4.78 is 4.56. The van der Waals surface area contributed by atoms with Gasteiger partial charge in [-0.1, -0.05) is 57.1 Å². The Kier molecular flexibility index (Phi) is 2.51. The minimum atomic E-state index is 0.151. The molecule has 0 saturated carbocycles. The second-order valence-corrected chi connectivity index (χ2v) is 4.69. The zero-order valence-corrected chi connectivity index (χ0v) is 8.73. The fourth-order valence-electron chi connectivity index (χ4n) is 1.14. The highest BCUT2D eigenvalue weighted by Crippen LogP contribution is 2.16. The third-order valence-electron chi connectivity index (χ3n) is 1.73. The molecule has 1 aliphatic heterocycles. The van der Waals surface area contributed by atoms with Gasteiger partial charge in [-0.15, -0.1) is 0 Å². The molecule has 2 rings (SSSR count). The van der Waals surface area contributed by atoms with Crippen molar-refractivity contribution in [3.63, 3.8) is 0 Å². The molecule has 0 atom stereocenters. The number of allylic oxidation sites excluding steroid dienone is 1. The highest BCUT2D eigenvalue weighted by Gasteiger charge is 1.93. The van der Waals surface area contributed by atoms with Crippen LogP contribution in [0.2, 0.25) is 0 Å². The van der Waals surface area contributed by atoms with E-state index in [4.69, 9.17) is 0 Å². The molecule has 0 aliphatic carbocycles. The summed E-state index contributed by atoms with van der Waals surface area (Å²) in [5.74, 6) is 0. The number of hydrogen-bond acceptors (Lipinski definition) is 0. The van der Waals surface area contributed by atoms with E-state index in [1.165, 1.54) is 11.1 Å². The number of benzene rings is 1. The van der Waals surface area contributed by atoms with E-state index < -0.39 is 0 Å². The van der Waals surface area contributed by atoms with E-state index in [1.807, 2.05) is 0 Å². The second-order valence-electron chi connectivity index (χ2n) is 2.53. The van der Waals surface area contributed by atoms with Crippen LogP contribution in [0.4, 0.5) is 0 Å². The molecule has 1 aromatic rings. The van der Waals surface area contributed by atoms with E-state index in [9.17, 15) is 0 Å². The van der Waals surface area contributed by atoms with Gasteiger partial charge in [-0.2, -0.15) is 0 Å². The van der Waals surface area contributed by atoms with Crippen LogP contribution in [0.5, 0.6) is 0 Å². The molecule has 0 radical (unpaired) electrons. The van der Waals surface area contributed by atoms with Crippen LogP contribution in [-0.2, 0) is 0 Å². The molecule has 0 bridgehead atoms. The van der Waals surface area contributed by atoms with Crippen LogP contribution in [0.25, 0.3) is 12.2 Å². The van der Waals surface area contributed by atoms with Crippen molar-refractivity contribution < 1.29 is 0 Å². The van der Waals surface area contributed by atoms with Crippen LogP contribution >= 0.6 is 20.7 Å². The monoisotopic (exact) mass is 268 g/mol. The van der Waals surface area contributed by atoms with Crippen LogP contribution in [-0.4, -0.2) is 4.01 Å². The molecule has 0 unspecified atom stereocenters. The van der Waals surface area contributed by atoms with Gasteiger partial charge in [0.25, 0.3) is 0 Å². The molecule has 0 fully saturated rings. The SMILES string of the molecule is C1=Cc2ccccc2C=CI=C1. The van der Waals surface area contributed by atoms with Crippen molar-refractivity contribution in [2.75, 3.05) is 0 Å². The van der Waals surface area contributed by atoms with Crippen molar-refractivity contribution in [1.82, 2.24) is 0 Å². The van der Waals surface area contributed by atoms with Crippen molar-refractivity contribution in [1.29, 1.82) is 0 Å². The first kappa shape index (κ1) is 7.92. The van der Waals surface area contributed by atoms with E-state index in [1.54, 1.807) is 0 Å². The van der Waals surface area contributed by atoms with E-state index in [0.717, 1.165) is 0 Å². The molecular formula is C11H9I. The van der Waals surface area contributed by atoms with Crippen molar-refractivity contribution in [2.24, 2.45) is 0 Å². The lowest BCUT2D eigenvalue weighted by Crippen LogP contribution is -1.79. The van der Waals surface area contributed by atoms with E-state index in [0.29, 0.717) is 0 Å². The van der Waals surface area contributed by atoms with Gasteiger partial charge in [0.05, 0.1) is 0 Å². The lowest BCUT2D eigenvalue weighted by Gasteiger charge is -1.99. The predicted octanol–water partition coefficient (Wildman–Crippen LogP) is 3.46. The minimum absolute atomic E-state index is 0.151. The summed E-state index contributed by atoms with van der Waals surface area (Å²) in [6.07, 6.45) is 6.57. The summed E-state index contributed by atoms with van der Waals surface area (Å²) in [5.41, 5.74) is 2.65. The van der Waals surface area contributed by atoms with Gasteiger partial charge in [-0.3, -0.25) is 0 Å². The molecule has 0 nitrogen and oxygen atoms in total. The molecule has 0 saturated heterocycles. The molecule has 0 spiro atoms. The van der Waals surface area contributed by atoms with E-state index in [2.05, 4.69) is 50.6 Å². The Balaban J connectivity index is 2.54. The van der Waals surface area contributed by atoms with Gasteiger partial charge in [0, 0.05) is 0 Å². The van der Waals surface area contributed by atoms with Gasteiger partial charge in [0.1, 0.15) is 0 Å². The minimum Gasteiger partial charge on any atom is -0.0937 e. The zero-order chi connectivity index (χ0) is 8.23. The first-order chi connectivity index (χ1) is 5.97. The zero-order valence-electron chi connectivity index (χ0n) is 6.57. The normalized spacial score (nSPS) is 14.3. The van der Waals surface area contributed by atoms with Gasteiger partial charge in [-0.25, -0.2) is 0 Å². The Morgan fingerprint density at radius 3 is 2.50 bits per heavy atom. The van der Waals surface area contributed by atoms with Crippen molar-refractivity contribution in [3.8, 4) is 0 Å². The maximum absolute atomic E-state index is 2.29. The molecule has 12 heavy (non-hydrogen) atoms. The molecule has 1 heteroatoms. The maximum atomic E-state index is 2.29. The van der Waals surface area contributed by atoms with Crippen molar-refractivity contribution in [3.05, 3.63) is 45.6 Å². The topological polar surface area (TPSA) is 0 Å². The van der Waals surface area contributed by atoms with Gasteiger partial charge in [0.2, 0.25) is 0 Å². The Morgan fingerprint density at radius 2 is 1.67 bits per heavy atom. The first-order valence-corrected chi connectivity index (χ1v) is 6.33. The largest absolute Gasteiger partial charge is 0.0937 e. The highest BCUT2D eigenvalue weighted by atomic mass is 127. The first-order valence-electron chi connectivity index (χ1n) is 3.84. The van der Waals surface area contributed by atoms with Gasteiger partial charge in [-0.05, 0) is 25.3 Å². The molecule has 0 amide bonds. The fourth-order valence-corrected chi connectivity index (χ4v) is 2.42. The van der Waals surface area contributed by atoms with E-state index >= 15 is 0 Å². The molecule has 1 aromatic carbocycles. The quantitative estimate of drug-likeness (QED) is 0.632. The smallest absolute Gasteiger partial charge is 0.0180 e. The standard InChI is InChI=1S/C11H9I/c1-2-5-11-7-9-12-8-3-6-10(11)4-1/h1-9H. The third-order valence-corrected chi connectivity index (χ3v) is 3.34. The van der Waals surface area contributed by atoms with Crippen LogP contribution in [0.1, 0.15) is 11.1 Å². The van der Waals surface area contributed by atoms with Gasteiger partial charge < -0.3 is 0 Å².